The van der Waals surface area contributed by atoms with Gasteiger partial charge in [0.05, 0.1) is 17.6 Å². The summed E-state index contributed by atoms with van der Waals surface area (Å²) in [5.41, 5.74) is -0.929. The predicted molar refractivity (Wildman–Crippen MR) is 67.3 cm³/mol. The highest BCUT2D eigenvalue weighted by Crippen LogP contribution is 2.73. The Kier molecular flexibility index (Phi) is 2.03. The van der Waals surface area contributed by atoms with Gasteiger partial charge in [0.15, 0.2) is 0 Å². The van der Waals surface area contributed by atoms with E-state index in [1.807, 2.05) is 6.92 Å². The first kappa shape index (κ1) is 12.2. The molecule has 7 atom stereocenters. The highest BCUT2D eigenvalue weighted by Gasteiger charge is 2.85. The molecule has 2 saturated carbocycles. The second kappa shape index (κ2) is 3.17. The fourth-order valence-corrected chi connectivity index (χ4v) is 5.31. The van der Waals surface area contributed by atoms with Crippen molar-refractivity contribution in [1.29, 1.82) is 0 Å². The molecule has 2 heterocycles. The molecule has 2 aliphatic carbocycles. The first-order chi connectivity index (χ1) is 8.86. The summed E-state index contributed by atoms with van der Waals surface area (Å²) in [4.78, 5) is 11.9. The van der Waals surface area contributed by atoms with Crippen molar-refractivity contribution in [3.8, 4) is 0 Å². The van der Waals surface area contributed by atoms with Crippen molar-refractivity contribution in [2.24, 2.45) is 17.3 Å². The number of fused-ring (bicyclic) bond motifs is 1. The van der Waals surface area contributed by atoms with Gasteiger partial charge in [0.2, 0.25) is 0 Å². The molecule has 0 unspecified atom stereocenters. The number of hydrogen-bond donors (Lipinski definition) is 1. The predicted octanol–water partition coefficient (Wildman–Crippen LogP) is 1.65. The van der Waals surface area contributed by atoms with E-state index in [4.69, 9.17) is 9.47 Å². The van der Waals surface area contributed by atoms with Gasteiger partial charge in [-0.3, -0.25) is 4.79 Å². The molecule has 0 amide bonds. The zero-order valence-corrected chi connectivity index (χ0v) is 11.8. The molecule has 2 aliphatic heterocycles. The number of carbonyl (C=O) groups is 1. The summed E-state index contributed by atoms with van der Waals surface area (Å²) in [6.45, 7) is 6.21. The molecule has 19 heavy (non-hydrogen) atoms. The average molecular weight is 266 g/mol. The van der Waals surface area contributed by atoms with Crippen LogP contribution in [0.15, 0.2) is 0 Å². The molecule has 0 radical (unpaired) electrons. The van der Waals surface area contributed by atoms with E-state index in [1.54, 1.807) is 0 Å². The van der Waals surface area contributed by atoms with Crippen molar-refractivity contribution in [2.75, 3.05) is 0 Å². The third kappa shape index (κ3) is 1.09. The molecule has 106 valence electrons. The van der Waals surface area contributed by atoms with Crippen LogP contribution >= 0.6 is 0 Å². The molecule has 0 aromatic heterocycles. The van der Waals surface area contributed by atoms with E-state index in [9.17, 15) is 9.90 Å². The number of rotatable bonds is 0. The number of ether oxygens (including phenoxy) is 2. The Morgan fingerprint density at radius 2 is 2.00 bits per heavy atom. The second-order valence-electron chi connectivity index (χ2n) is 7.39. The smallest absolute Gasteiger partial charge is 0.309 e. The third-order valence-corrected chi connectivity index (χ3v) is 6.65. The number of esters is 1. The third-order valence-electron chi connectivity index (χ3n) is 6.65. The fraction of sp³-hybridized carbons (Fsp3) is 0.933. The lowest BCUT2D eigenvalue weighted by molar-refractivity contribution is -0.158. The van der Waals surface area contributed by atoms with E-state index >= 15 is 0 Å². The molecule has 4 aliphatic rings. The van der Waals surface area contributed by atoms with Crippen LogP contribution in [0.4, 0.5) is 0 Å². The molecule has 1 N–H and O–H groups in total. The number of carbonyl (C=O) groups excluding carboxylic acids is 1. The Morgan fingerprint density at radius 3 is 2.74 bits per heavy atom. The summed E-state index contributed by atoms with van der Waals surface area (Å²) in [6, 6.07) is 0. The van der Waals surface area contributed by atoms with E-state index in [0.29, 0.717) is 0 Å². The summed E-state index contributed by atoms with van der Waals surface area (Å²) in [6.07, 6.45) is 3.01. The Bertz CT molecular complexity index is 463. The van der Waals surface area contributed by atoms with E-state index in [0.717, 1.165) is 25.7 Å². The van der Waals surface area contributed by atoms with Crippen LogP contribution < -0.4 is 0 Å². The summed E-state index contributed by atoms with van der Waals surface area (Å²) in [5.74, 6) is 0.135. The van der Waals surface area contributed by atoms with Gasteiger partial charge in [-0.05, 0) is 32.6 Å². The molecule has 1 spiro atoms. The van der Waals surface area contributed by atoms with E-state index in [-0.39, 0.29) is 41.0 Å². The number of epoxide rings is 1. The van der Waals surface area contributed by atoms with Gasteiger partial charge in [-0.25, -0.2) is 0 Å². The van der Waals surface area contributed by atoms with Crippen LogP contribution in [0.25, 0.3) is 0 Å². The maximum absolute atomic E-state index is 11.9. The van der Waals surface area contributed by atoms with Crippen LogP contribution in [0, 0.1) is 17.3 Å². The average Bonchev–Trinajstić information content (AvgIpc) is 2.90. The Balaban J connectivity index is 1.81. The van der Waals surface area contributed by atoms with E-state index in [2.05, 4.69) is 13.8 Å². The lowest BCUT2D eigenvalue weighted by Crippen LogP contribution is -2.62. The lowest BCUT2D eigenvalue weighted by Gasteiger charge is -2.51. The largest absolute Gasteiger partial charge is 0.459 e. The van der Waals surface area contributed by atoms with Crippen LogP contribution in [0.5, 0.6) is 0 Å². The lowest BCUT2D eigenvalue weighted by atomic mass is 9.52. The SMILES string of the molecule is C[C@H]1C(=O)O[C@H]2[C@H]1CC[C@@]1(C)[C@H](O)CC[C@@]3(C)O[C@]231. The highest BCUT2D eigenvalue weighted by atomic mass is 16.7. The van der Waals surface area contributed by atoms with Gasteiger partial charge in [0.25, 0.3) is 0 Å². The number of aliphatic hydroxyl groups excluding tert-OH is 1. The first-order valence-corrected chi connectivity index (χ1v) is 7.44. The quantitative estimate of drug-likeness (QED) is 0.535. The van der Waals surface area contributed by atoms with Crippen molar-refractivity contribution in [1.82, 2.24) is 0 Å². The van der Waals surface area contributed by atoms with Crippen LogP contribution in [0.3, 0.4) is 0 Å². The maximum atomic E-state index is 11.9. The summed E-state index contributed by atoms with van der Waals surface area (Å²) >= 11 is 0. The topological polar surface area (TPSA) is 59.1 Å². The fourth-order valence-electron chi connectivity index (χ4n) is 5.31. The molecule has 4 heteroatoms. The normalized spacial score (nSPS) is 62.8. The highest BCUT2D eigenvalue weighted by molar-refractivity contribution is 5.75. The molecular formula is C15H22O4. The van der Waals surface area contributed by atoms with Gasteiger partial charge >= 0.3 is 5.97 Å². The minimum atomic E-state index is -0.443. The van der Waals surface area contributed by atoms with Crippen molar-refractivity contribution < 1.29 is 19.4 Å². The van der Waals surface area contributed by atoms with Gasteiger partial charge in [0.1, 0.15) is 11.7 Å². The van der Waals surface area contributed by atoms with Crippen molar-refractivity contribution in [3.63, 3.8) is 0 Å². The van der Waals surface area contributed by atoms with Gasteiger partial charge < -0.3 is 14.6 Å². The molecule has 4 rings (SSSR count). The van der Waals surface area contributed by atoms with Gasteiger partial charge in [-0.15, -0.1) is 0 Å². The van der Waals surface area contributed by atoms with Gasteiger partial charge in [-0.2, -0.15) is 0 Å². The summed E-state index contributed by atoms with van der Waals surface area (Å²) in [5, 5.41) is 10.5. The Hall–Kier alpha value is -0.610. The van der Waals surface area contributed by atoms with E-state index < -0.39 is 5.60 Å². The second-order valence-corrected chi connectivity index (χ2v) is 7.39. The molecule has 2 saturated heterocycles. The molecular weight excluding hydrogens is 244 g/mol. The van der Waals surface area contributed by atoms with E-state index in [1.165, 1.54) is 0 Å². The van der Waals surface area contributed by atoms with Crippen molar-refractivity contribution in [2.45, 2.75) is 69.9 Å². The first-order valence-electron chi connectivity index (χ1n) is 7.44. The minimum absolute atomic E-state index is 0.0311. The summed E-state index contributed by atoms with van der Waals surface area (Å²) in [7, 11) is 0. The molecule has 0 bridgehead atoms. The van der Waals surface area contributed by atoms with Crippen LogP contribution in [0.1, 0.15) is 46.5 Å². The zero-order valence-electron chi connectivity index (χ0n) is 11.8. The van der Waals surface area contributed by atoms with Crippen LogP contribution in [-0.2, 0) is 14.3 Å². The van der Waals surface area contributed by atoms with Crippen molar-refractivity contribution >= 4 is 5.97 Å². The van der Waals surface area contributed by atoms with Gasteiger partial charge in [0, 0.05) is 11.3 Å². The van der Waals surface area contributed by atoms with Crippen LogP contribution in [-0.4, -0.2) is 34.5 Å². The number of aliphatic hydroxyl groups is 1. The Morgan fingerprint density at radius 1 is 1.26 bits per heavy atom. The molecule has 0 aromatic rings. The van der Waals surface area contributed by atoms with Crippen LogP contribution in [0.2, 0.25) is 0 Å². The standard InChI is InChI=1S/C15H22O4/c1-8-9-4-6-13(2)10(16)5-7-14(3)15(13,19-14)11(9)18-12(8)17/h8-11,16H,4-7H2,1-3H3/t8-,9+,10-,11+,13+,14-,15+/m1/s1. The minimum Gasteiger partial charge on any atom is -0.459 e. The van der Waals surface area contributed by atoms with Gasteiger partial charge in [-0.1, -0.05) is 13.8 Å². The molecule has 4 fully saturated rings. The van der Waals surface area contributed by atoms with Crippen molar-refractivity contribution in [3.05, 3.63) is 0 Å². The summed E-state index contributed by atoms with van der Waals surface area (Å²) < 4.78 is 11.9. The maximum Gasteiger partial charge on any atom is 0.309 e. The molecule has 0 aromatic carbocycles. The molecule has 4 nitrogen and oxygen atoms in total. The zero-order chi connectivity index (χ0) is 13.6. The Labute approximate surface area is 113 Å². The monoisotopic (exact) mass is 266 g/mol. The number of hydrogen-bond acceptors (Lipinski definition) is 4.